The van der Waals surface area contributed by atoms with Crippen LogP contribution in [0.5, 0.6) is 0 Å². The zero-order valence-corrected chi connectivity index (χ0v) is 8.90. The number of hydrogen-bond acceptors (Lipinski definition) is 5. The number of aromatic nitrogens is 1. The summed E-state index contributed by atoms with van der Waals surface area (Å²) in [6, 6.07) is 3.68. The number of nitrogens with two attached hydrogens (primary N) is 1. The Morgan fingerprint density at radius 3 is 3.07 bits per heavy atom. The van der Waals surface area contributed by atoms with Crippen molar-refractivity contribution >= 4 is 11.5 Å². The van der Waals surface area contributed by atoms with Gasteiger partial charge in [0.2, 0.25) is 0 Å². The van der Waals surface area contributed by atoms with E-state index in [4.69, 9.17) is 5.84 Å². The van der Waals surface area contributed by atoms with E-state index in [0.717, 1.165) is 25.1 Å². The van der Waals surface area contributed by atoms with Gasteiger partial charge in [-0.3, -0.25) is 0 Å². The average molecular weight is 210 g/mol. The fraction of sp³-hybridized carbons (Fsp3) is 0.500. The van der Waals surface area contributed by atoms with E-state index in [0.29, 0.717) is 5.82 Å². The third-order valence-corrected chi connectivity index (χ3v) is 2.19. The molecular formula is C10H18N4O. The smallest absolute Gasteiger partial charge is 0.141 e. The zero-order chi connectivity index (χ0) is 11.1. The largest absolute Gasteiger partial charge is 0.393 e. The van der Waals surface area contributed by atoms with Crippen LogP contribution < -0.4 is 16.6 Å². The SMILES string of the molecule is CCC(O)CCNc1ccnc(NN)c1. The summed E-state index contributed by atoms with van der Waals surface area (Å²) in [4.78, 5) is 3.99. The van der Waals surface area contributed by atoms with Crippen LogP contribution >= 0.6 is 0 Å². The number of rotatable bonds is 6. The maximum absolute atomic E-state index is 9.35. The van der Waals surface area contributed by atoms with Crippen molar-refractivity contribution in [1.82, 2.24) is 4.98 Å². The van der Waals surface area contributed by atoms with Crippen LogP contribution in [0, 0.1) is 0 Å². The van der Waals surface area contributed by atoms with Crippen LogP contribution in [0.15, 0.2) is 18.3 Å². The Hall–Kier alpha value is -1.33. The van der Waals surface area contributed by atoms with Crippen molar-refractivity contribution < 1.29 is 5.11 Å². The van der Waals surface area contributed by atoms with Gasteiger partial charge in [0.25, 0.3) is 0 Å². The molecule has 1 aromatic rings. The van der Waals surface area contributed by atoms with Gasteiger partial charge in [0.05, 0.1) is 6.10 Å². The summed E-state index contributed by atoms with van der Waals surface area (Å²) >= 11 is 0. The Balaban J connectivity index is 2.37. The van der Waals surface area contributed by atoms with Crippen molar-refractivity contribution in [2.24, 2.45) is 5.84 Å². The first-order valence-electron chi connectivity index (χ1n) is 5.11. The fourth-order valence-electron chi connectivity index (χ4n) is 1.21. The van der Waals surface area contributed by atoms with Crippen LogP contribution in [-0.2, 0) is 0 Å². The number of aliphatic hydroxyl groups is 1. The van der Waals surface area contributed by atoms with E-state index >= 15 is 0 Å². The van der Waals surface area contributed by atoms with Gasteiger partial charge < -0.3 is 15.8 Å². The second-order valence-corrected chi connectivity index (χ2v) is 3.35. The summed E-state index contributed by atoms with van der Waals surface area (Å²) < 4.78 is 0. The summed E-state index contributed by atoms with van der Waals surface area (Å²) in [6.45, 7) is 2.70. The lowest BCUT2D eigenvalue weighted by Gasteiger charge is -2.10. The molecule has 0 bridgehead atoms. The van der Waals surface area contributed by atoms with E-state index in [2.05, 4.69) is 15.7 Å². The molecule has 0 aliphatic carbocycles. The van der Waals surface area contributed by atoms with Gasteiger partial charge in [-0.15, -0.1) is 0 Å². The van der Waals surface area contributed by atoms with E-state index in [1.807, 2.05) is 19.1 Å². The minimum atomic E-state index is -0.230. The van der Waals surface area contributed by atoms with E-state index in [1.165, 1.54) is 0 Å². The minimum Gasteiger partial charge on any atom is -0.393 e. The summed E-state index contributed by atoms with van der Waals surface area (Å²) in [7, 11) is 0. The molecule has 5 heteroatoms. The highest BCUT2D eigenvalue weighted by Gasteiger charge is 2.00. The second kappa shape index (κ2) is 6.21. The maximum Gasteiger partial charge on any atom is 0.141 e. The van der Waals surface area contributed by atoms with Crippen molar-refractivity contribution in [1.29, 1.82) is 0 Å². The van der Waals surface area contributed by atoms with Gasteiger partial charge in [0.1, 0.15) is 5.82 Å². The van der Waals surface area contributed by atoms with Crippen LogP contribution in [0.2, 0.25) is 0 Å². The molecule has 5 nitrogen and oxygen atoms in total. The highest BCUT2D eigenvalue weighted by molar-refractivity contribution is 5.51. The molecule has 15 heavy (non-hydrogen) atoms. The topological polar surface area (TPSA) is 83.2 Å². The van der Waals surface area contributed by atoms with Crippen molar-refractivity contribution in [3.8, 4) is 0 Å². The molecule has 0 saturated carbocycles. The predicted octanol–water partition coefficient (Wildman–Crippen LogP) is 0.940. The minimum absolute atomic E-state index is 0.230. The van der Waals surface area contributed by atoms with E-state index in [-0.39, 0.29) is 6.10 Å². The van der Waals surface area contributed by atoms with E-state index < -0.39 is 0 Å². The molecule has 5 N–H and O–H groups in total. The number of nitrogen functional groups attached to an aromatic ring is 1. The Bertz CT molecular complexity index is 293. The van der Waals surface area contributed by atoms with Crippen LogP contribution in [0.3, 0.4) is 0 Å². The quantitative estimate of drug-likeness (QED) is 0.415. The lowest BCUT2D eigenvalue weighted by atomic mass is 10.2. The molecule has 1 aromatic heterocycles. The number of nitrogens with zero attached hydrogens (tertiary/aromatic N) is 1. The van der Waals surface area contributed by atoms with Crippen LogP contribution in [0.1, 0.15) is 19.8 Å². The van der Waals surface area contributed by atoms with Gasteiger partial charge in [-0.05, 0) is 18.9 Å². The van der Waals surface area contributed by atoms with Crippen LogP contribution in [0.25, 0.3) is 0 Å². The molecule has 1 heterocycles. The molecule has 0 aliphatic heterocycles. The van der Waals surface area contributed by atoms with Gasteiger partial charge in [0, 0.05) is 24.5 Å². The lowest BCUT2D eigenvalue weighted by Crippen LogP contribution is -2.13. The third-order valence-electron chi connectivity index (χ3n) is 2.19. The van der Waals surface area contributed by atoms with Crippen molar-refractivity contribution in [3.63, 3.8) is 0 Å². The summed E-state index contributed by atoms with van der Waals surface area (Å²) in [5.74, 6) is 5.86. The first kappa shape index (κ1) is 11.7. The molecule has 0 aliphatic rings. The van der Waals surface area contributed by atoms with Gasteiger partial charge >= 0.3 is 0 Å². The number of aliphatic hydroxyl groups excluding tert-OH is 1. The Morgan fingerprint density at radius 1 is 1.60 bits per heavy atom. The highest BCUT2D eigenvalue weighted by atomic mass is 16.3. The summed E-state index contributed by atoms with van der Waals surface area (Å²) in [6.07, 6.45) is 2.97. The normalized spacial score (nSPS) is 12.2. The number of pyridine rings is 1. The van der Waals surface area contributed by atoms with Crippen molar-refractivity contribution in [2.75, 3.05) is 17.3 Å². The molecule has 1 unspecified atom stereocenters. The van der Waals surface area contributed by atoms with E-state index in [9.17, 15) is 5.11 Å². The molecular weight excluding hydrogens is 192 g/mol. The number of hydrogen-bond donors (Lipinski definition) is 4. The fourth-order valence-corrected chi connectivity index (χ4v) is 1.21. The average Bonchev–Trinajstić information content (AvgIpc) is 2.29. The molecule has 0 spiro atoms. The first-order chi connectivity index (χ1) is 7.26. The van der Waals surface area contributed by atoms with Crippen LogP contribution in [0.4, 0.5) is 11.5 Å². The van der Waals surface area contributed by atoms with Crippen molar-refractivity contribution in [2.45, 2.75) is 25.9 Å². The molecule has 0 aromatic carbocycles. The molecule has 0 saturated heterocycles. The molecule has 1 atom stereocenters. The van der Waals surface area contributed by atoms with E-state index in [1.54, 1.807) is 6.20 Å². The Kier molecular flexibility index (Phi) is 4.86. The molecule has 0 amide bonds. The summed E-state index contributed by atoms with van der Waals surface area (Å²) in [5, 5.41) is 12.5. The van der Waals surface area contributed by atoms with Gasteiger partial charge in [-0.2, -0.15) is 0 Å². The third kappa shape index (κ3) is 4.14. The zero-order valence-electron chi connectivity index (χ0n) is 8.90. The molecule has 0 radical (unpaired) electrons. The monoisotopic (exact) mass is 210 g/mol. The first-order valence-corrected chi connectivity index (χ1v) is 5.11. The molecule has 0 fully saturated rings. The maximum atomic E-state index is 9.35. The van der Waals surface area contributed by atoms with Gasteiger partial charge in [0.15, 0.2) is 0 Å². The Labute approximate surface area is 89.7 Å². The lowest BCUT2D eigenvalue weighted by molar-refractivity contribution is 0.164. The standard InChI is InChI=1S/C10H18N4O/c1-2-9(15)4-6-12-8-3-5-13-10(7-8)14-11/h3,5,7,9,15H,2,4,6,11H2,1H3,(H2,12,13,14). The number of anilines is 2. The van der Waals surface area contributed by atoms with Gasteiger partial charge in [-0.1, -0.05) is 6.92 Å². The number of nitrogens with one attached hydrogen (secondary N) is 2. The van der Waals surface area contributed by atoms with Crippen molar-refractivity contribution in [3.05, 3.63) is 18.3 Å². The number of hydrazine groups is 1. The summed E-state index contributed by atoms with van der Waals surface area (Å²) in [5.41, 5.74) is 3.42. The second-order valence-electron chi connectivity index (χ2n) is 3.35. The molecule has 1 rings (SSSR count). The van der Waals surface area contributed by atoms with Crippen LogP contribution in [-0.4, -0.2) is 22.7 Å². The highest BCUT2D eigenvalue weighted by Crippen LogP contribution is 2.10. The molecule has 84 valence electrons. The predicted molar refractivity (Wildman–Crippen MR) is 61.5 cm³/mol. The van der Waals surface area contributed by atoms with Gasteiger partial charge in [-0.25, -0.2) is 10.8 Å². The Morgan fingerprint density at radius 2 is 2.40 bits per heavy atom.